The Morgan fingerprint density at radius 3 is 2.55 bits per heavy atom. The smallest absolute Gasteiger partial charge is 0.337 e. The normalized spacial score (nSPS) is 19.0. The molecule has 174 valence electrons. The summed E-state index contributed by atoms with van der Waals surface area (Å²) in [4.78, 5) is 19.0. The Morgan fingerprint density at radius 2 is 1.88 bits per heavy atom. The van der Waals surface area contributed by atoms with Gasteiger partial charge in [0.25, 0.3) is 0 Å². The first kappa shape index (κ1) is 23.3. The second-order valence-corrected chi connectivity index (χ2v) is 9.09. The number of rotatable bonds is 5. The third-order valence-corrected chi connectivity index (χ3v) is 6.70. The van der Waals surface area contributed by atoms with E-state index in [-0.39, 0.29) is 29.4 Å². The number of thioether (sulfide) groups is 1. The highest BCUT2D eigenvalue weighted by molar-refractivity contribution is 7.99. The van der Waals surface area contributed by atoms with Crippen LogP contribution in [0.15, 0.2) is 53.9 Å². The van der Waals surface area contributed by atoms with E-state index >= 15 is 0 Å². The Kier molecular flexibility index (Phi) is 6.73. The van der Waals surface area contributed by atoms with E-state index in [1.807, 2.05) is 18.7 Å². The molecule has 10 heteroatoms. The molecule has 1 aliphatic rings. The fraction of sp³-hybridized carbons (Fsp3) is 0.391. The van der Waals surface area contributed by atoms with Gasteiger partial charge in [0, 0.05) is 30.0 Å². The molecule has 3 aromatic rings. The van der Waals surface area contributed by atoms with Crippen LogP contribution >= 0.6 is 11.8 Å². The highest BCUT2D eigenvalue weighted by Gasteiger charge is 2.32. The van der Waals surface area contributed by atoms with Crippen LogP contribution in [-0.2, 0) is 11.0 Å². The first-order valence-electron chi connectivity index (χ1n) is 10.7. The number of nitrogens with zero attached hydrogens (tertiary/aromatic N) is 5. The third-order valence-electron chi connectivity index (χ3n) is 5.79. The van der Waals surface area contributed by atoms with Gasteiger partial charge in [-0.1, -0.05) is 17.8 Å². The maximum absolute atomic E-state index is 13.4. The van der Waals surface area contributed by atoms with Crippen LogP contribution in [0.3, 0.4) is 0 Å². The van der Waals surface area contributed by atoms with E-state index in [9.17, 15) is 18.0 Å². The Labute approximate surface area is 194 Å². The van der Waals surface area contributed by atoms with Crippen molar-refractivity contribution in [2.75, 3.05) is 5.75 Å². The zero-order valence-corrected chi connectivity index (χ0v) is 19.1. The summed E-state index contributed by atoms with van der Waals surface area (Å²) in [7, 11) is 0. The second-order valence-electron chi connectivity index (χ2n) is 8.15. The van der Waals surface area contributed by atoms with Crippen LogP contribution in [0, 0.1) is 0 Å². The van der Waals surface area contributed by atoms with E-state index in [2.05, 4.69) is 15.2 Å². The molecule has 0 bridgehead atoms. The van der Waals surface area contributed by atoms with Crippen LogP contribution in [0.2, 0.25) is 0 Å². The Balaban J connectivity index is 1.68. The minimum absolute atomic E-state index is 0.0128. The lowest BCUT2D eigenvalue weighted by Crippen LogP contribution is -2.48. The van der Waals surface area contributed by atoms with Gasteiger partial charge in [0.05, 0.1) is 17.0 Å². The molecular formula is C23H24F3N5OS. The largest absolute Gasteiger partial charge is 0.416 e. The Hall–Kier alpha value is -2.88. The highest BCUT2D eigenvalue weighted by Crippen LogP contribution is 2.33. The predicted molar refractivity (Wildman–Crippen MR) is 120 cm³/mol. The second kappa shape index (κ2) is 9.54. The third kappa shape index (κ3) is 5.05. The van der Waals surface area contributed by atoms with Crippen molar-refractivity contribution in [2.45, 2.75) is 56.5 Å². The average Bonchev–Trinajstić information content (AvgIpc) is 3.22. The molecule has 4 rings (SSSR count). The maximum Gasteiger partial charge on any atom is 0.416 e. The summed E-state index contributed by atoms with van der Waals surface area (Å²) in [6.07, 6.45) is 1.72. The van der Waals surface area contributed by atoms with Crippen LogP contribution in [0.4, 0.5) is 13.2 Å². The van der Waals surface area contributed by atoms with E-state index in [4.69, 9.17) is 0 Å². The summed E-state index contributed by atoms with van der Waals surface area (Å²) in [5, 5.41) is 8.78. The van der Waals surface area contributed by atoms with E-state index in [0.717, 1.165) is 31.4 Å². The molecule has 1 fully saturated rings. The predicted octanol–water partition coefficient (Wildman–Crippen LogP) is 5.23. The average molecular weight is 476 g/mol. The standard InChI is InChI=1S/C23H24F3N5OS/c1-15-6-3-7-16(2)30(15)20(32)14-33-22-29-28-21(17-8-5-11-27-13-17)31(22)19-10-4-9-18(12-19)23(24,25)26/h4-5,8-13,15-16H,3,6-7,14H2,1-2H3/t15-,16-/m1/s1. The topological polar surface area (TPSA) is 63.9 Å². The summed E-state index contributed by atoms with van der Waals surface area (Å²) in [5.41, 5.74) is 0.107. The minimum atomic E-state index is -4.48. The quantitative estimate of drug-likeness (QED) is 0.473. The van der Waals surface area contributed by atoms with E-state index in [1.54, 1.807) is 35.2 Å². The van der Waals surface area contributed by atoms with Gasteiger partial charge in [-0.15, -0.1) is 10.2 Å². The fourth-order valence-electron chi connectivity index (χ4n) is 4.21. The summed E-state index contributed by atoms with van der Waals surface area (Å²) in [5.74, 6) is 0.469. The molecule has 1 saturated heterocycles. The fourth-order valence-corrected chi connectivity index (χ4v) is 5.03. The van der Waals surface area contributed by atoms with E-state index in [1.165, 1.54) is 17.8 Å². The van der Waals surface area contributed by atoms with Gasteiger partial charge in [0.15, 0.2) is 11.0 Å². The Morgan fingerprint density at radius 1 is 1.12 bits per heavy atom. The number of piperidine rings is 1. The van der Waals surface area contributed by atoms with Crippen molar-refractivity contribution in [2.24, 2.45) is 0 Å². The molecule has 2 atom stereocenters. The first-order chi connectivity index (χ1) is 15.8. The van der Waals surface area contributed by atoms with Crippen LogP contribution < -0.4 is 0 Å². The zero-order valence-electron chi connectivity index (χ0n) is 18.3. The van der Waals surface area contributed by atoms with Crippen molar-refractivity contribution in [1.82, 2.24) is 24.6 Å². The lowest BCUT2D eigenvalue weighted by molar-refractivity contribution is -0.137. The molecular weight excluding hydrogens is 451 g/mol. The van der Waals surface area contributed by atoms with E-state index < -0.39 is 11.7 Å². The number of likely N-dealkylation sites (tertiary alicyclic amines) is 1. The molecule has 3 heterocycles. The minimum Gasteiger partial charge on any atom is -0.337 e. The molecule has 1 amide bonds. The van der Waals surface area contributed by atoms with Crippen molar-refractivity contribution in [3.8, 4) is 17.1 Å². The number of carbonyl (C=O) groups excluding carboxylic acids is 1. The Bertz CT molecular complexity index is 1110. The monoisotopic (exact) mass is 475 g/mol. The van der Waals surface area contributed by atoms with Gasteiger partial charge >= 0.3 is 6.18 Å². The van der Waals surface area contributed by atoms with Crippen molar-refractivity contribution >= 4 is 17.7 Å². The molecule has 1 aliphatic heterocycles. The molecule has 0 unspecified atom stereocenters. The molecule has 33 heavy (non-hydrogen) atoms. The van der Waals surface area contributed by atoms with Gasteiger partial charge in [-0.2, -0.15) is 13.2 Å². The SMILES string of the molecule is C[C@@H]1CCC[C@@H](C)N1C(=O)CSc1nnc(-c2cccnc2)n1-c1cccc(C(F)(F)F)c1. The van der Waals surface area contributed by atoms with Gasteiger partial charge in [-0.05, 0) is 63.4 Å². The lowest BCUT2D eigenvalue weighted by Gasteiger charge is -2.39. The lowest BCUT2D eigenvalue weighted by atomic mass is 9.98. The van der Waals surface area contributed by atoms with Gasteiger partial charge in [-0.25, -0.2) is 0 Å². The van der Waals surface area contributed by atoms with Gasteiger partial charge < -0.3 is 4.90 Å². The molecule has 0 spiro atoms. The van der Waals surface area contributed by atoms with E-state index in [0.29, 0.717) is 16.5 Å². The molecule has 0 aliphatic carbocycles. The van der Waals surface area contributed by atoms with Crippen molar-refractivity contribution < 1.29 is 18.0 Å². The van der Waals surface area contributed by atoms with Crippen LogP contribution in [0.1, 0.15) is 38.7 Å². The summed E-state index contributed by atoms with van der Waals surface area (Å²) < 4.78 is 41.6. The maximum atomic E-state index is 13.4. The van der Waals surface area contributed by atoms with Gasteiger partial charge in [0.2, 0.25) is 5.91 Å². The molecule has 1 aromatic carbocycles. The molecule has 2 aromatic heterocycles. The number of aromatic nitrogens is 4. The van der Waals surface area contributed by atoms with Crippen molar-refractivity contribution in [3.05, 3.63) is 54.4 Å². The molecule has 6 nitrogen and oxygen atoms in total. The number of hydrogen-bond donors (Lipinski definition) is 0. The van der Waals surface area contributed by atoms with Crippen LogP contribution in [0.5, 0.6) is 0 Å². The number of hydrogen-bond acceptors (Lipinski definition) is 5. The zero-order chi connectivity index (χ0) is 23.6. The van der Waals surface area contributed by atoms with Crippen LogP contribution in [0.25, 0.3) is 17.1 Å². The summed E-state index contributed by atoms with van der Waals surface area (Å²) in [6, 6.07) is 8.80. The number of amides is 1. The highest BCUT2D eigenvalue weighted by atomic mass is 32.2. The first-order valence-corrected chi connectivity index (χ1v) is 11.7. The number of benzene rings is 1. The molecule has 0 saturated carbocycles. The van der Waals surface area contributed by atoms with Crippen molar-refractivity contribution in [1.29, 1.82) is 0 Å². The number of halogens is 3. The summed E-state index contributed by atoms with van der Waals surface area (Å²) in [6.45, 7) is 4.09. The van der Waals surface area contributed by atoms with Crippen LogP contribution in [-0.4, -0.2) is 48.4 Å². The molecule has 0 radical (unpaired) electrons. The number of alkyl halides is 3. The van der Waals surface area contributed by atoms with Gasteiger partial charge in [-0.3, -0.25) is 14.3 Å². The van der Waals surface area contributed by atoms with Gasteiger partial charge in [0.1, 0.15) is 0 Å². The number of carbonyl (C=O) groups is 1. The molecule has 0 N–H and O–H groups in total. The number of pyridine rings is 1. The summed E-state index contributed by atoms with van der Waals surface area (Å²) >= 11 is 1.17. The van der Waals surface area contributed by atoms with Crippen molar-refractivity contribution in [3.63, 3.8) is 0 Å².